The normalized spacial score (nSPS) is 11.0. The molecule has 0 spiro atoms. The Hall–Kier alpha value is -3.32. The second-order valence-corrected chi connectivity index (χ2v) is 8.19. The van der Waals surface area contributed by atoms with Crippen molar-refractivity contribution in [2.24, 2.45) is 0 Å². The lowest BCUT2D eigenvalue weighted by atomic mass is 10.2. The van der Waals surface area contributed by atoms with Gasteiger partial charge in [0.25, 0.3) is 10.0 Å². The number of benzene rings is 3. The second kappa shape index (κ2) is 9.93. The molecule has 0 bridgehead atoms. The van der Waals surface area contributed by atoms with Crippen LogP contribution in [0.25, 0.3) is 0 Å². The van der Waals surface area contributed by atoms with Crippen molar-refractivity contribution in [3.8, 4) is 5.75 Å². The molecule has 0 saturated carbocycles. The van der Waals surface area contributed by atoms with Crippen molar-refractivity contribution in [2.45, 2.75) is 11.8 Å². The van der Waals surface area contributed by atoms with E-state index in [4.69, 9.17) is 9.47 Å². The van der Waals surface area contributed by atoms with E-state index in [9.17, 15) is 13.2 Å². The third kappa shape index (κ3) is 5.18. The molecule has 3 aromatic rings. The van der Waals surface area contributed by atoms with Crippen LogP contribution in [0.2, 0.25) is 0 Å². The fraction of sp³-hybridized carbons (Fsp3) is 0.174. The smallest absolute Gasteiger partial charge is 0.338 e. The summed E-state index contributed by atoms with van der Waals surface area (Å²) >= 11 is 0. The van der Waals surface area contributed by atoms with E-state index in [2.05, 4.69) is 0 Å². The Morgan fingerprint density at radius 2 is 1.43 bits per heavy atom. The Morgan fingerprint density at radius 1 is 0.833 bits per heavy atom. The van der Waals surface area contributed by atoms with Crippen LogP contribution in [0.4, 0.5) is 5.69 Å². The number of rotatable bonds is 9. The van der Waals surface area contributed by atoms with E-state index in [0.717, 1.165) is 0 Å². The zero-order valence-electron chi connectivity index (χ0n) is 16.6. The van der Waals surface area contributed by atoms with Gasteiger partial charge in [-0.15, -0.1) is 0 Å². The first kappa shape index (κ1) is 21.4. The topological polar surface area (TPSA) is 72.9 Å². The fourth-order valence-corrected chi connectivity index (χ4v) is 4.34. The number of sulfonamides is 1. The van der Waals surface area contributed by atoms with Gasteiger partial charge >= 0.3 is 5.97 Å². The Morgan fingerprint density at radius 3 is 2.03 bits per heavy atom. The molecule has 0 atom stereocenters. The molecule has 156 valence electrons. The molecule has 0 fully saturated rings. The van der Waals surface area contributed by atoms with E-state index in [1.807, 2.05) is 36.4 Å². The Labute approximate surface area is 176 Å². The lowest BCUT2D eigenvalue weighted by molar-refractivity contribution is 0.0450. The monoisotopic (exact) mass is 425 g/mol. The molecule has 0 radical (unpaired) electrons. The Balaban J connectivity index is 1.61. The highest BCUT2D eigenvalue weighted by Gasteiger charge is 2.23. The minimum atomic E-state index is -3.74. The molecule has 0 aliphatic carbocycles. The molecule has 0 heterocycles. The van der Waals surface area contributed by atoms with Gasteiger partial charge in [0.15, 0.2) is 0 Å². The van der Waals surface area contributed by atoms with Crippen molar-refractivity contribution in [2.75, 3.05) is 24.1 Å². The number of anilines is 1. The number of esters is 1. The summed E-state index contributed by atoms with van der Waals surface area (Å²) in [5, 5.41) is 0. The van der Waals surface area contributed by atoms with Gasteiger partial charge in [-0.25, -0.2) is 13.2 Å². The molecule has 0 aliphatic rings. The van der Waals surface area contributed by atoms with Gasteiger partial charge in [-0.2, -0.15) is 0 Å². The molecule has 0 N–H and O–H groups in total. The van der Waals surface area contributed by atoms with Crippen LogP contribution in [0.15, 0.2) is 89.8 Å². The predicted molar refractivity (Wildman–Crippen MR) is 115 cm³/mol. The van der Waals surface area contributed by atoms with Gasteiger partial charge in [-0.1, -0.05) is 36.4 Å². The van der Waals surface area contributed by atoms with Gasteiger partial charge in [-0.3, -0.25) is 4.31 Å². The van der Waals surface area contributed by atoms with Crippen molar-refractivity contribution in [3.05, 3.63) is 90.5 Å². The van der Waals surface area contributed by atoms with Gasteiger partial charge in [0, 0.05) is 6.54 Å². The van der Waals surface area contributed by atoms with E-state index in [1.165, 1.54) is 28.6 Å². The Bertz CT molecular complexity index is 1050. The summed E-state index contributed by atoms with van der Waals surface area (Å²) in [6, 6.07) is 23.8. The molecule has 0 unspecified atom stereocenters. The summed E-state index contributed by atoms with van der Waals surface area (Å²) in [6.07, 6.45) is 0. The summed E-state index contributed by atoms with van der Waals surface area (Å²) in [4.78, 5) is 12.3. The highest BCUT2D eigenvalue weighted by molar-refractivity contribution is 7.92. The quantitative estimate of drug-likeness (QED) is 0.381. The van der Waals surface area contributed by atoms with Crippen LogP contribution in [-0.4, -0.2) is 34.1 Å². The molecule has 7 heteroatoms. The molecule has 3 aromatic carbocycles. The number of hydrogen-bond donors (Lipinski definition) is 0. The van der Waals surface area contributed by atoms with E-state index in [-0.39, 0.29) is 30.2 Å². The number of carbonyl (C=O) groups is 1. The van der Waals surface area contributed by atoms with Gasteiger partial charge in [0.2, 0.25) is 0 Å². The van der Waals surface area contributed by atoms with Crippen LogP contribution in [0.1, 0.15) is 17.3 Å². The summed E-state index contributed by atoms with van der Waals surface area (Å²) in [5.41, 5.74) is 0.860. The van der Waals surface area contributed by atoms with Crippen molar-refractivity contribution in [1.29, 1.82) is 0 Å². The van der Waals surface area contributed by atoms with Crippen LogP contribution in [-0.2, 0) is 14.8 Å². The number of hydrogen-bond acceptors (Lipinski definition) is 5. The Kier molecular flexibility index (Phi) is 7.08. The van der Waals surface area contributed by atoms with E-state index >= 15 is 0 Å². The first-order valence-electron chi connectivity index (χ1n) is 9.55. The number of nitrogens with zero attached hydrogens (tertiary/aromatic N) is 1. The minimum absolute atomic E-state index is 0.0887. The lowest BCUT2D eigenvalue weighted by Crippen LogP contribution is -2.30. The minimum Gasteiger partial charge on any atom is -0.490 e. The lowest BCUT2D eigenvalue weighted by Gasteiger charge is -2.22. The van der Waals surface area contributed by atoms with Crippen molar-refractivity contribution in [1.82, 2.24) is 0 Å². The van der Waals surface area contributed by atoms with Crippen molar-refractivity contribution < 1.29 is 22.7 Å². The van der Waals surface area contributed by atoms with E-state index in [1.54, 1.807) is 31.2 Å². The first-order chi connectivity index (χ1) is 14.5. The van der Waals surface area contributed by atoms with Gasteiger partial charge in [0.1, 0.15) is 19.0 Å². The SMILES string of the molecule is CCN(c1ccccc1)S(=O)(=O)c1ccc(C(=O)OCCOc2ccccc2)cc1. The zero-order chi connectivity index (χ0) is 21.4. The summed E-state index contributed by atoms with van der Waals surface area (Å²) in [7, 11) is -3.74. The van der Waals surface area contributed by atoms with E-state index < -0.39 is 16.0 Å². The van der Waals surface area contributed by atoms with Gasteiger partial charge in [-0.05, 0) is 55.5 Å². The molecule has 6 nitrogen and oxygen atoms in total. The number of para-hydroxylation sites is 2. The average Bonchev–Trinajstić information content (AvgIpc) is 2.78. The van der Waals surface area contributed by atoms with Gasteiger partial charge < -0.3 is 9.47 Å². The standard InChI is InChI=1S/C23H23NO5S/c1-2-24(20-9-5-3-6-10-20)30(26,27)22-15-13-19(14-16-22)23(25)29-18-17-28-21-11-7-4-8-12-21/h3-16H,2,17-18H2,1H3. The van der Waals surface area contributed by atoms with Crippen LogP contribution >= 0.6 is 0 Å². The summed E-state index contributed by atoms with van der Waals surface area (Å²) < 4.78 is 38.0. The van der Waals surface area contributed by atoms with Crippen molar-refractivity contribution >= 4 is 21.7 Å². The summed E-state index contributed by atoms with van der Waals surface area (Å²) in [5.74, 6) is 0.160. The molecule has 30 heavy (non-hydrogen) atoms. The number of carbonyl (C=O) groups excluding carboxylic acids is 1. The van der Waals surface area contributed by atoms with Crippen molar-refractivity contribution in [3.63, 3.8) is 0 Å². The average molecular weight is 426 g/mol. The maximum Gasteiger partial charge on any atom is 0.338 e. The molecule has 0 aromatic heterocycles. The zero-order valence-corrected chi connectivity index (χ0v) is 17.4. The molecular weight excluding hydrogens is 402 g/mol. The van der Waals surface area contributed by atoms with Crippen LogP contribution in [0.3, 0.4) is 0 Å². The van der Waals surface area contributed by atoms with Gasteiger partial charge in [0.05, 0.1) is 16.1 Å². The maximum atomic E-state index is 13.0. The van der Waals surface area contributed by atoms with Crippen LogP contribution < -0.4 is 9.04 Å². The van der Waals surface area contributed by atoms with E-state index in [0.29, 0.717) is 11.4 Å². The molecule has 0 saturated heterocycles. The predicted octanol–water partition coefficient (Wildman–Crippen LogP) is 4.14. The highest BCUT2D eigenvalue weighted by Crippen LogP contribution is 2.23. The third-order valence-corrected chi connectivity index (χ3v) is 6.26. The second-order valence-electron chi connectivity index (χ2n) is 6.33. The third-order valence-electron chi connectivity index (χ3n) is 4.34. The molecule has 3 rings (SSSR count). The first-order valence-corrected chi connectivity index (χ1v) is 11.0. The molecule has 0 aliphatic heterocycles. The number of ether oxygens (including phenoxy) is 2. The maximum absolute atomic E-state index is 13.0. The molecular formula is C23H23NO5S. The summed E-state index contributed by atoms with van der Waals surface area (Å²) in [6.45, 7) is 2.38. The highest BCUT2D eigenvalue weighted by atomic mass is 32.2. The molecule has 0 amide bonds. The fourth-order valence-electron chi connectivity index (χ4n) is 2.87. The van der Waals surface area contributed by atoms with Crippen LogP contribution in [0, 0.1) is 0 Å². The van der Waals surface area contributed by atoms with Crippen LogP contribution in [0.5, 0.6) is 5.75 Å². The largest absolute Gasteiger partial charge is 0.490 e.